The van der Waals surface area contributed by atoms with Crippen molar-refractivity contribution in [3.63, 3.8) is 0 Å². The van der Waals surface area contributed by atoms with Crippen molar-refractivity contribution in [2.75, 3.05) is 0 Å². The third kappa shape index (κ3) is 3.38. The second-order valence-electron chi connectivity index (χ2n) is 5.42. The normalized spacial score (nSPS) is 19.8. The van der Waals surface area contributed by atoms with Crippen LogP contribution in [-0.4, -0.2) is 23.7 Å². The molecule has 0 aromatic carbocycles. The molecule has 110 valence electrons. The molecule has 2 rings (SSSR count). The quantitative estimate of drug-likeness (QED) is 0.919. The summed E-state index contributed by atoms with van der Waals surface area (Å²) < 4.78 is 28.8. The zero-order valence-corrected chi connectivity index (χ0v) is 12.5. The number of hydrogen-bond donors (Lipinski definition) is 1. The van der Waals surface area contributed by atoms with Gasteiger partial charge in [-0.05, 0) is 12.8 Å². The SMILES string of the molecule is Cn1cc(S(=O)(=O)NC2(C#N)CCCCCCC2)cn1. The molecule has 1 aliphatic carbocycles. The van der Waals surface area contributed by atoms with Crippen molar-refractivity contribution in [3.8, 4) is 6.07 Å². The van der Waals surface area contributed by atoms with Gasteiger partial charge in [-0.2, -0.15) is 15.1 Å². The van der Waals surface area contributed by atoms with Gasteiger partial charge in [-0.15, -0.1) is 0 Å². The molecular weight excluding hydrogens is 276 g/mol. The predicted octanol–water partition coefficient (Wildman–Crippen LogP) is 1.71. The molecule has 1 heterocycles. The molecule has 0 aliphatic heterocycles. The minimum Gasteiger partial charge on any atom is -0.274 e. The second kappa shape index (κ2) is 5.94. The summed E-state index contributed by atoms with van der Waals surface area (Å²) in [7, 11) is -2.03. The summed E-state index contributed by atoms with van der Waals surface area (Å²) in [6.45, 7) is 0. The zero-order valence-electron chi connectivity index (χ0n) is 11.7. The lowest BCUT2D eigenvalue weighted by Gasteiger charge is -2.29. The molecule has 1 aromatic rings. The van der Waals surface area contributed by atoms with Gasteiger partial charge in [0, 0.05) is 13.2 Å². The summed E-state index contributed by atoms with van der Waals surface area (Å²) in [6.07, 6.45) is 8.91. The molecule has 0 bridgehead atoms. The highest BCUT2D eigenvalue weighted by molar-refractivity contribution is 7.89. The smallest absolute Gasteiger partial charge is 0.245 e. The van der Waals surface area contributed by atoms with Gasteiger partial charge in [0.2, 0.25) is 10.0 Å². The van der Waals surface area contributed by atoms with Crippen LogP contribution in [0.25, 0.3) is 0 Å². The Hall–Kier alpha value is -1.39. The van der Waals surface area contributed by atoms with E-state index in [0.29, 0.717) is 12.8 Å². The fourth-order valence-corrected chi connectivity index (χ4v) is 3.96. The van der Waals surface area contributed by atoms with Crippen LogP contribution in [-0.2, 0) is 17.1 Å². The van der Waals surface area contributed by atoms with E-state index in [1.165, 1.54) is 17.1 Å². The molecule has 0 amide bonds. The fourth-order valence-electron chi connectivity index (χ4n) is 2.60. The molecule has 0 saturated heterocycles. The Morgan fingerprint density at radius 1 is 1.30 bits per heavy atom. The van der Waals surface area contributed by atoms with Crippen molar-refractivity contribution < 1.29 is 8.42 Å². The van der Waals surface area contributed by atoms with Gasteiger partial charge in [-0.3, -0.25) is 4.68 Å². The maximum Gasteiger partial charge on any atom is 0.245 e. The van der Waals surface area contributed by atoms with Crippen molar-refractivity contribution >= 4 is 10.0 Å². The van der Waals surface area contributed by atoms with Crippen LogP contribution in [0.4, 0.5) is 0 Å². The number of aromatic nitrogens is 2. The van der Waals surface area contributed by atoms with E-state index in [9.17, 15) is 13.7 Å². The van der Waals surface area contributed by atoms with Crippen LogP contribution in [0, 0.1) is 11.3 Å². The van der Waals surface area contributed by atoms with Crippen molar-refractivity contribution in [1.82, 2.24) is 14.5 Å². The number of nitrogens with zero attached hydrogens (tertiary/aromatic N) is 3. The van der Waals surface area contributed by atoms with Gasteiger partial charge in [0.15, 0.2) is 0 Å². The second-order valence-corrected chi connectivity index (χ2v) is 7.10. The molecule has 6 nitrogen and oxygen atoms in total. The molecule has 20 heavy (non-hydrogen) atoms. The minimum atomic E-state index is -3.69. The number of sulfonamides is 1. The van der Waals surface area contributed by atoms with Gasteiger partial charge >= 0.3 is 0 Å². The van der Waals surface area contributed by atoms with Crippen LogP contribution >= 0.6 is 0 Å². The van der Waals surface area contributed by atoms with Gasteiger partial charge in [0.1, 0.15) is 10.4 Å². The Balaban J connectivity index is 2.22. The topological polar surface area (TPSA) is 87.8 Å². The molecule has 1 fully saturated rings. The summed E-state index contributed by atoms with van der Waals surface area (Å²) in [6, 6.07) is 2.20. The average molecular weight is 296 g/mol. The minimum absolute atomic E-state index is 0.108. The van der Waals surface area contributed by atoms with Gasteiger partial charge in [0.25, 0.3) is 0 Å². The highest BCUT2D eigenvalue weighted by atomic mass is 32.2. The molecule has 1 N–H and O–H groups in total. The Labute approximate surface area is 119 Å². The summed E-state index contributed by atoms with van der Waals surface area (Å²) in [5.41, 5.74) is -0.977. The lowest BCUT2D eigenvalue weighted by molar-refractivity contribution is 0.357. The standard InChI is InChI=1S/C13H20N4O2S/c1-17-10-12(9-15-17)20(18,19)16-13(11-14)7-5-3-2-4-6-8-13/h9-10,16H,2-8H2,1H3. The third-order valence-electron chi connectivity index (χ3n) is 3.74. The Morgan fingerprint density at radius 3 is 2.40 bits per heavy atom. The Morgan fingerprint density at radius 2 is 1.90 bits per heavy atom. The summed E-state index contributed by atoms with van der Waals surface area (Å²) in [4.78, 5) is 0.108. The molecule has 1 aromatic heterocycles. The number of hydrogen-bond acceptors (Lipinski definition) is 4. The monoisotopic (exact) mass is 296 g/mol. The molecule has 0 spiro atoms. The predicted molar refractivity (Wildman–Crippen MR) is 74.2 cm³/mol. The van der Waals surface area contributed by atoms with Crippen molar-refractivity contribution in [3.05, 3.63) is 12.4 Å². The number of rotatable bonds is 3. The van der Waals surface area contributed by atoms with Crippen LogP contribution in [0.3, 0.4) is 0 Å². The van der Waals surface area contributed by atoms with E-state index in [4.69, 9.17) is 0 Å². The molecule has 0 radical (unpaired) electrons. The Kier molecular flexibility index (Phi) is 4.45. The molecule has 7 heteroatoms. The maximum absolute atomic E-state index is 12.4. The first kappa shape index (κ1) is 15.0. The first-order valence-corrected chi connectivity index (χ1v) is 8.40. The molecule has 0 unspecified atom stereocenters. The van der Waals surface area contributed by atoms with E-state index in [0.717, 1.165) is 32.1 Å². The summed E-state index contributed by atoms with van der Waals surface area (Å²) in [5.74, 6) is 0. The van der Waals surface area contributed by atoms with E-state index in [1.54, 1.807) is 7.05 Å². The van der Waals surface area contributed by atoms with E-state index in [2.05, 4.69) is 15.9 Å². The molecule has 0 atom stereocenters. The van der Waals surface area contributed by atoms with Crippen LogP contribution in [0.1, 0.15) is 44.9 Å². The van der Waals surface area contributed by atoms with Crippen molar-refractivity contribution in [2.24, 2.45) is 7.05 Å². The maximum atomic E-state index is 12.4. The van der Waals surface area contributed by atoms with Gasteiger partial charge in [0.05, 0.1) is 12.3 Å². The lowest BCUT2D eigenvalue weighted by atomic mass is 9.86. The first-order chi connectivity index (χ1) is 9.47. The first-order valence-electron chi connectivity index (χ1n) is 6.91. The van der Waals surface area contributed by atoms with E-state index < -0.39 is 15.6 Å². The number of nitrogens with one attached hydrogen (secondary N) is 1. The Bertz CT molecular complexity index is 592. The van der Waals surface area contributed by atoms with Gasteiger partial charge in [-0.1, -0.05) is 32.1 Å². The fraction of sp³-hybridized carbons (Fsp3) is 0.692. The molecule has 1 saturated carbocycles. The van der Waals surface area contributed by atoms with Crippen LogP contribution < -0.4 is 4.72 Å². The van der Waals surface area contributed by atoms with Gasteiger partial charge in [-0.25, -0.2) is 8.42 Å². The lowest BCUT2D eigenvalue weighted by Crippen LogP contribution is -2.47. The van der Waals surface area contributed by atoms with E-state index >= 15 is 0 Å². The van der Waals surface area contributed by atoms with Gasteiger partial charge < -0.3 is 0 Å². The highest BCUT2D eigenvalue weighted by Crippen LogP contribution is 2.27. The van der Waals surface area contributed by atoms with Crippen molar-refractivity contribution in [2.45, 2.75) is 55.4 Å². The summed E-state index contributed by atoms with van der Waals surface area (Å²) >= 11 is 0. The zero-order chi connectivity index (χ0) is 14.6. The average Bonchev–Trinajstić information content (AvgIpc) is 2.80. The number of aryl methyl sites for hydroxylation is 1. The number of nitriles is 1. The van der Waals surface area contributed by atoms with E-state index in [1.807, 2.05) is 0 Å². The van der Waals surface area contributed by atoms with Crippen molar-refractivity contribution in [1.29, 1.82) is 5.26 Å². The van der Waals surface area contributed by atoms with Crippen LogP contribution in [0.5, 0.6) is 0 Å². The van der Waals surface area contributed by atoms with Crippen LogP contribution in [0.2, 0.25) is 0 Å². The largest absolute Gasteiger partial charge is 0.274 e. The molecule has 1 aliphatic rings. The third-order valence-corrected chi connectivity index (χ3v) is 5.23. The van der Waals surface area contributed by atoms with E-state index in [-0.39, 0.29) is 4.90 Å². The van der Waals surface area contributed by atoms with Crippen LogP contribution in [0.15, 0.2) is 17.3 Å². The summed E-state index contributed by atoms with van der Waals surface area (Å²) in [5, 5.41) is 13.3. The highest BCUT2D eigenvalue weighted by Gasteiger charge is 2.35. The molecular formula is C13H20N4O2S.